The molecule has 1 aliphatic heterocycles. The second-order valence-corrected chi connectivity index (χ2v) is 6.96. The van der Waals surface area contributed by atoms with Crippen molar-refractivity contribution < 1.29 is 38.1 Å². The molecular formula is C18H21FO7. The average Bonchev–Trinajstić information content (AvgIpc) is 2.97. The van der Waals surface area contributed by atoms with Crippen molar-refractivity contribution in [2.24, 2.45) is 5.92 Å². The van der Waals surface area contributed by atoms with Crippen molar-refractivity contribution >= 4 is 17.7 Å². The molecule has 1 aromatic carbocycles. The molecular weight excluding hydrogens is 347 g/mol. The predicted octanol–water partition coefficient (Wildman–Crippen LogP) is 2.49. The van der Waals surface area contributed by atoms with E-state index in [1.165, 1.54) is 6.07 Å². The zero-order valence-electron chi connectivity index (χ0n) is 14.8. The monoisotopic (exact) mass is 368 g/mol. The molecule has 0 aliphatic carbocycles. The average molecular weight is 368 g/mol. The van der Waals surface area contributed by atoms with E-state index in [-0.39, 0.29) is 31.1 Å². The Labute approximate surface area is 150 Å². The van der Waals surface area contributed by atoms with Gasteiger partial charge in [0, 0.05) is 6.42 Å². The van der Waals surface area contributed by atoms with Crippen LogP contribution in [0.5, 0.6) is 11.5 Å². The minimum absolute atomic E-state index is 0.0141. The van der Waals surface area contributed by atoms with Crippen LogP contribution in [-0.4, -0.2) is 35.2 Å². The Hall–Kier alpha value is -2.64. The SMILES string of the molecule is CC(C)(C)OC(=O)C(Cc1cc(F)c2c(c1)OCO2)C(=O)CCC(=O)O. The number of rotatable bonds is 7. The van der Waals surface area contributed by atoms with Crippen LogP contribution in [0.25, 0.3) is 0 Å². The smallest absolute Gasteiger partial charge is 0.317 e. The Balaban J connectivity index is 2.23. The summed E-state index contributed by atoms with van der Waals surface area (Å²) in [7, 11) is 0. The van der Waals surface area contributed by atoms with Crippen LogP contribution in [0.2, 0.25) is 0 Å². The highest BCUT2D eigenvalue weighted by atomic mass is 19.1. The molecule has 0 bridgehead atoms. The molecule has 0 saturated carbocycles. The van der Waals surface area contributed by atoms with E-state index in [0.717, 1.165) is 6.07 Å². The molecule has 26 heavy (non-hydrogen) atoms. The first-order valence-corrected chi connectivity index (χ1v) is 8.12. The molecule has 1 heterocycles. The molecule has 0 saturated heterocycles. The number of esters is 1. The number of hydrogen-bond acceptors (Lipinski definition) is 6. The number of carboxylic acid groups (broad SMARTS) is 1. The van der Waals surface area contributed by atoms with Crippen molar-refractivity contribution in [3.63, 3.8) is 0 Å². The van der Waals surface area contributed by atoms with Gasteiger partial charge in [-0.1, -0.05) is 0 Å². The van der Waals surface area contributed by atoms with Gasteiger partial charge in [0.05, 0.1) is 6.42 Å². The maximum absolute atomic E-state index is 14.0. The number of carboxylic acids is 1. The standard InChI is InChI=1S/C18H21FO7/c1-18(2,3)26-17(23)11(13(20)4-5-15(21)22)6-10-7-12(19)16-14(8-10)24-9-25-16/h7-8,11H,4-6,9H2,1-3H3,(H,21,22). The lowest BCUT2D eigenvalue weighted by molar-refractivity contribution is -0.162. The Morgan fingerprint density at radius 3 is 2.54 bits per heavy atom. The Kier molecular flexibility index (Phi) is 5.84. The fourth-order valence-electron chi connectivity index (χ4n) is 2.48. The molecule has 1 aromatic rings. The van der Waals surface area contributed by atoms with Gasteiger partial charge in [-0.2, -0.15) is 0 Å². The highest BCUT2D eigenvalue weighted by Gasteiger charge is 2.32. The van der Waals surface area contributed by atoms with Crippen LogP contribution < -0.4 is 9.47 Å². The molecule has 1 unspecified atom stereocenters. The van der Waals surface area contributed by atoms with Crippen molar-refractivity contribution in [3.05, 3.63) is 23.5 Å². The van der Waals surface area contributed by atoms with Crippen LogP contribution in [0.1, 0.15) is 39.2 Å². The van der Waals surface area contributed by atoms with Crippen molar-refractivity contribution in [1.29, 1.82) is 0 Å². The van der Waals surface area contributed by atoms with E-state index in [4.69, 9.17) is 19.3 Å². The lowest BCUT2D eigenvalue weighted by atomic mass is 9.92. The molecule has 142 valence electrons. The number of carbonyl (C=O) groups excluding carboxylic acids is 2. The van der Waals surface area contributed by atoms with E-state index >= 15 is 0 Å². The molecule has 8 heteroatoms. The van der Waals surface area contributed by atoms with Gasteiger partial charge in [0.25, 0.3) is 0 Å². The van der Waals surface area contributed by atoms with Crippen molar-refractivity contribution in [2.75, 3.05) is 6.79 Å². The number of halogens is 1. The zero-order valence-corrected chi connectivity index (χ0v) is 14.8. The van der Waals surface area contributed by atoms with Crippen LogP contribution in [-0.2, 0) is 25.5 Å². The van der Waals surface area contributed by atoms with Gasteiger partial charge in [0.2, 0.25) is 12.5 Å². The number of fused-ring (bicyclic) bond motifs is 1. The van der Waals surface area contributed by atoms with Gasteiger partial charge in [-0.3, -0.25) is 14.4 Å². The van der Waals surface area contributed by atoms with Gasteiger partial charge in [-0.15, -0.1) is 0 Å². The fourth-order valence-corrected chi connectivity index (χ4v) is 2.48. The molecule has 1 aliphatic rings. The first kappa shape index (κ1) is 19.7. The van der Waals surface area contributed by atoms with E-state index < -0.39 is 41.5 Å². The third-order valence-electron chi connectivity index (χ3n) is 3.59. The van der Waals surface area contributed by atoms with E-state index in [1.807, 2.05) is 0 Å². The third kappa shape index (κ3) is 5.18. The summed E-state index contributed by atoms with van der Waals surface area (Å²) in [6.45, 7) is 4.86. The number of ether oxygens (including phenoxy) is 3. The number of Topliss-reactive ketones (excluding diaryl/α,β-unsaturated/α-hetero) is 1. The lowest BCUT2D eigenvalue weighted by Crippen LogP contribution is -2.34. The van der Waals surface area contributed by atoms with E-state index in [2.05, 4.69) is 0 Å². The predicted molar refractivity (Wildman–Crippen MR) is 87.4 cm³/mol. The summed E-state index contributed by atoms with van der Waals surface area (Å²) in [6.07, 6.45) is -0.833. The second-order valence-electron chi connectivity index (χ2n) is 6.96. The number of ketones is 1. The summed E-state index contributed by atoms with van der Waals surface area (Å²) in [6, 6.07) is 2.66. The first-order chi connectivity index (χ1) is 12.1. The molecule has 0 radical (unpaired) electrons. The van der Waals surface area contributed by atoms with Gasteiger partial charge >= 0.3 is 11.9 Å². The third-order valence-corrected chi connectivity index (χ3v) is 3.59. The van der Waals surface area contributed by atoms with Crippen molar-refractivity contribution in [3.8, 4) is 11.5 Å². The fraction of sp³-hybridized carbons (Fsp3) is 0.500. The van der Waals surface area contributed by atoms with E-state index in [9.17, 15) is 18.8 Å². The maximum atomic E-state index is 14.0. The second kappa shape index (κ2) is 7.72. The topological polar surface area (TPSA) is 99.1 Å². The largest absolute Gasteiger partial charge is 0.481 e. The summed E-state index contributed by atoms with van der Waals surface area (Å²) >= 11 is 0. The zero-order chi connectivity index (χ0) is 19.5. The van der Waals surface area contributed by atoms with Crippen LogP contribution >= 0.6 is 0 Å². The van der Waals surface area contributed by atoms with E-state index in [0.29, 0.717) is 5.56 Å². The Morgan fingerprint density at radius 1 is 1.23 bits per heavy atom. The number of hydrogen-bond donors (Lipinski definition) is 1. The number of carbonyl (C=O) groups is 3. The summed E-state index contributed by atoms with van der Waals surface area (Å²) in [4.78, 5) is 35.5. The molecule has 1 atom stereocenters. The minimum atomic E-state index is -1.23. The number of aliphatic carboxylic acids is 1. The molecule has 2 rings (SSSR count). The van der Waals surface area contributed by atoms with Crippen LogP contribution in [0, 0.1) is 11.7 Å². The highest BCUT2D eigenvalue weighted by molar-refractivity contribution is 6.00. The Morgan fingerprint density at radius 2 is 1.92 bits per heavy atom. The van der Waals surface area contributed by atoms with Crippen LogP contribution in [0.4, 0.5) is 4.39 Å². The van der Waals surface area contributed by atoms with Gasteiger partial charge in [-0.25, -0.2) is 4.39 Å². The normalized spacial score (nSPS) is 14.0. The van der Waals surface area contributed by atoms with Crippen molar-refractivity contribution in [1.82, 2.24) is 0 Å². The van der Waals surface area contributed by atoms with Crippen molar-refractivity contribution in [2.45, 2.75) is 45.6 Å². The lowest BCUT2D eigenvalue weighted by Gasteiger charge is -2.23. The summed E-state index contributed by atoms with van der Waals surface area (Å²) in [5.41, 5.74) is -0.464. The molecule has 7 nitrogen and oxygen atoms in total. The maximum Gasteiger partial charge on any atom is 0.317 e. The molecule has 0 fully saturated rings. The molecule has 0 spiro atoms. The first-order valence-electron chi connectivity index (χ1n) is 8.12. The summed E-state index contributed by atoms with van der Waals surface area (Å²) in [5.74, 6) is -4.19. The summed E-state index contributed by atoms with van der Waals surface area (Å²) in [5, 5.41) is 8.75. The van der Waals surface area contributed by atoms with Crippen LogP contribution in [0.3, 0.4) is 0 Å². The van der Waals surface area contributed by atoms with Gasteiger partial charge < -0.3 is 19.3 Å². The summed E-state index contributed by atoms with van der Waals surface area (Å²) < 4.78 is 29.4. The molecule has 0 amide bonds. The van der Waals surface area contributed by atoms with Crippen LogP contribution in [0.15, 0.2) is 12.1 Å². The Bertz CT molecular complexity index is 721. The quantitative estimate of drug-likeness (QED) is 0.583. The van der Waals surface area contributed by atoms with Gasteiger partial charge in [0.15, 0.2) is 11.6 Å². The number of benzene rings is 1. The van der Waals surface area contributed by atoms with Gasteiger partial charge in [0.1, 0.15) is 17.3 Å². The molecule has 1 N–H and O–H groups in total. The minimum Gasteiger partial charge on any atom is -0.481 e. The molecule has 0 aromatic heterocycles. The van der Waals surface area contributed by atoms with Gasteiger partial charge in [-0.05, 0) is 44.9 Å². The highest BCUT2D eigenvalue weighted by Crippen LogP contribution is 2.36. The van der Waals surface area contributed by atoms with E-state index in [1.54, 1.807) is 20.8 Å².